The molecule has 0 radical (unpaired) electrons. The third kappa shape index (κ3) is 4.09. The van der Waals surface area contributed by atoms with E-state index < -0.39 is 6.10 Å². The molecule has 2 unspecified atom stereocenters. The summed E-state index contributed by atoms with van der Waals surface area (Å²) in [4.78, 5) is 7.23. The molecule has 19 heavy (non-hydrogen) atoms. The van der Waals surface area contributed by atoms with E-state index in [2.05, 4.69) is 16.8 Å². The van der Waals surface area contributed by atoms with Gasteiger partial charge >= 0.3 is 0 Å². The predicted octanol–water partition coefficient (Wildman–Crippen LogP) is 2.48. The van der Waals surface area contributed by atoms with Gasteiger partial charge < -0.3 is 15.7 Å². The molecule has 1 aliphatic heterocycles. The number of guanidine groups is 1. The van der Waals surface area contributed by atoms with E-state index in [1.165, 1.54) is 17.8 Å². The van der Waals surface area contributed by atoms with Crippen LogP contribution in [0.15, 0.2) is 17.1 Å². The Labute approximate surface area is 122 Å². The van der Waals surface area contributed by atoms with Crippen LogP contribution >= 0.6 is 22.9 Å². The second-order valence-corrected chi connectivity index (χ2v) is 6.80. The quantitative estimate of drug-likeness (QED) is 0.666. The summed E-state index contributed by atoms with van der Waals surface area (Å²) < 4.78 is 0.677. The highest BCUT2D eigenvalue weighted by molar-refractivity contribution is 7.16. The molecule has 1 fully saturated rings. The highest BCUT2D eigenvalue weighted by atomic mass is 35.5. The van der Waals surface area contributed by atoms with Crippen LogP contribution in [0.25, 0.3) is 0 Å². The lowest BCUT2D eigenvalue weighted by Gasteiger charge is -2.31. The molecule has 2 rings (SSSR count). The molecular formula is C13H20ClN3OS. The Morgan fingerprint density at radius 2 is 2.47 bits per heavy atom. The molecule has 106 valence electrons. The second kappa shape index (κ2) is 6.59. The van der Waals surface area contributed by atoms with Gasteiger partial charge in [0.1, 0.15) is 6.10 Å². The van der Waals surface area contributed by atoms with Crippen molar-refractivity contribution in [1.82, 2.24) is 4.90 Å². The summed E-state index contributed by atoms with van der Waals surface area (Å²) in [6, 6.07) is 3.61. The maximum atomic E-state index is 10.0. The summed E-state index contributed by atoms with van der Waals surface area (Å²) in [5.74, 6) is 1.19. The molecule has 1 aromatic heterocycles. The number of halogens is 1. The molecule has 0 aromatic carbocycles. The molecule has 3 N–H and O–H groups in total. The first kappa shape index (κ1) is 14.6. The Morgan fingerprint density at radius 1 is 1.68 bits per heavy atom. The van der Waals surface area contributed by atoms with Gasteiger partial charge in [-0.25, -0.2) is 0 Å². The van der Waals surface area contributed by atoms with Crippen LogP contribution in [0, 0.1) is 5.92 Å². The first-order chi connectivity index (χ1) is 9.06. The lowest BCUT2D eigenvalue weighted by molar-refractivity contribution is 0.190. The zero-order chi connectivity index (χ0) is 13.8. The third-order valence-corrected chi connectivity index (χ3v) is 4.66. The zero-order valence-electron chi connectivity index (χ0n) is 11.1. The molecular weight excluding hydrogens is 282 g/mol. The minimum Gasteiger partial charge on any atom is -0.386 e. The molecule has 2 atom stereocenters. The van der Waals surface area contributed by atoms with E-state index in [4.69, 9.17) is 17.3 Å². The van der Waals surface area contributed by atoms with Gasteiger partial charge in [0.2, 0.25) is 0 Å². The number of hydrogen-bond acceptors (Lipinski definition) is 3. The fourth-order valence-corrected chi connectivity index (χ4v) is 3.31. The average Bonchev–Trinajstić information content (AvgIpc) is 2.82. The van der Waals surface area contributed by atoms with E-state index in [-0.39, 0.29) is 6.54 Å². The highest BCUT2D eigenvalue weighted by Crippen LogP contribution is 2.27. The lowest BCUT2D eigenvalue weighted by Crippen LogP contribution is -2.43. The smallest absolute Gasteiger partial charge is 0.191 e. The first-order valence-corrected chi connectivity index (χ1v) is 7.74. The number of aliphatic imine (C=N–C) groups is 1. The minimum absolute atomic E-state index is 0.285. The Kier molecular flexibility index (Phi) is 5.07. The van der Waals surface area contributed by atoms with Crippen molar-refractivity contribution in [1.29, 1.82) is 0 Å². The maximum absolute atomic E-state index is 10.0. The topological polar surface area (TPSA) is 61.8 Å². The van der Waals surface area contributed by atoms with Crippen molar-refractivity contribution in [2.75, 3.05) is 19.6 Å². The van der Waals surface area contributed by atoms with Crippen molar-refractivity contribution in [2.24, 2.45) is 16.6 Å². The van der Waals surface area contributed by atoms with Gasteiger partial charge in [-0.15, -0.1) is 11.3 Å². The Balaban J connectivity index is 1.90. The number of thiophene rings is 1. The van der Waals surface area contributed by atoms with Crippen molar-refractivity contribution in [2.45, 2.75) is 25.9 Å². The van der Waals surface area contributed by atoms with E-state index in [1.54, 1.807) is 6.07 Å². The molecule has 6 heteroatoms. The normalized spacial score (nSPS) is 22.6. The van der Waals surface area contributed by atoms with Crippen LogP contribution in [0.1, 0.15) is 30.7 Å². The first-order valence-electron chi connectivity index (χ1n) is 6.54. The third-order valence-electron chi connectivity index (χ3n) is 3.33. The van der Waals surface area contributed by atoms with Crippen molar-refractivity contribution >= 4 is 28.9 Å². The van der Waals surface area contributed by atoms with Crippen LogP contribution in [0.5, 0.6) is 0 Å². The van der Waals surface area contributed by atoms with Crippen LogP contribution in [0.2, 0.25) is 4.34 Å². The van der Waals surface area contributed by atoms with Crippen molar-refractivity contribution in [3.8, 4) is 0 Å². The van der Waals surface area contributed by atoms with E-state index in [1.807, 2.05) is 6.07 Å². The fraction of sp³-hybridized carbons (Fsp3) is 0.615. The van der Waals surface area contributed by atoms with Crippen LogP contribution in [-0.2, 0) is 0 Å². The van der Waals surface area contributed by atoms with Crippen molar-refractivity contribution in [3.05, 3.63) is 21.3 Å². The molecule has 0 saturated carbocycles. The van der Waals surface area contributed by atoms with Crippen LogP contribution in [0.3, 0.4) is 0 Å². The zero-order valence-corrected chi connectivity index (χ0v) is 12.6. The molecule has 2 heterocycles. The SMILES string of the molecule is CC1CCCN(C(N)=NCC(O)c2ccc(Cl)s2)C1. The average molecular weight is 302 g/mol. The Morgan fingerprint density at radius 3 is 3.11 bits per heavy atom. The van der Waals surface area contributed by atoms with Gasteiger partial charge in [0, 0.05) is 18.0 Å². The highest BCUT2D eigenvalue weighted by Gasteiger charge is 2.18. The van der Waals surface area contributed by atoms with Gasteiger partial charge in [-0.05, 0) is 30.9 Å². The van der Waals surface area contributed by atoms with E-state index >= 15 is 0 Å². The molecule has 1 aliphatic rings. The Hall–Kier alpha value is -0.780. The predicted molar refractivity (Wildman–Crippen MR) is 80.7 cm³/mol. The van der Waals surface area contributed by atoms with E-state index in [9.17, 15) is 5.11 Å². The second-order valence-electron chi connectivity index (χ2n) is 5.05. The number of nitrogens with zero attached hydrogens (tertiary/aromatic N) is 2. The molecule has 0 spiro atoms. The standard InChI is InChI=1S/C13H20ClN3OS/c1-9-3-2-6-17(8-9)13(15)16-7-10(18)11-4-5-12(14)19-11/h4-5,9-10,18H,2-3,6-8H2,1H3,(H2,15,16). The van der Waals surface area contributed by atoms with Gasteiger partial charge in [0.05, 0.1) is 10.9 Å². The van der Waals surface area contributed by atoms with Crippen molar-refractivity contribution < 1.29 is 5.11 Å². The van der Waals surface area contributed by atoms with E-state index in [0.717, 1.165) is 24.4 Å². The van der Waals surface area contributed by atoms with Gasteiger partial charge in [-0.1, -0.05) is 18.5 Å². The molecule has 4 nitrogen and oxygen atoms in total. The summed E-state index contributed by atoms with van der Waals surface area (Å²) in [6.07, 6.45) is 1.78. The number of rotatable bonds is 3. The summed E-state index contributed by atoms with van der Waals surface area (Å²) in [7, 11) is 0. The number of aliphatic hydroxyl groups excluding tert-OH is 1. The number of hydrogen-bond donors (Lipinski definition) is 2. The van der Waals surface area contributed by atoms with E-state index in [0.29, 0.717) is 16.2 Å². The lowest BCUT2D eigenvalue weighted by atomic mass is 10.0. The van der Waals surface area contributed by atoms with Gasteiger partial charge in [-0.3, -0.25) is 4.99 Å². The molecule has 0 bridgehead atoms. The van der Waals surface area contributed by atoms with Crippen molar-refractivity contribution in [3.63, 3.8) is 0 Å². The maximum Gasteiger partial charge on any atom is 0.191 e. The molecule has 1 saturated heterocycles. The van der Waals surface area contributed by atoms with Gasteiger partial charge in [0.25, 0.3) is 0 Å². The summed E-state index contributed by atoms with van der Waals surface area (Å²) in [6.45, 7) is 4.42. The van der Waals surface area contributed by atoms with Gasteiger partial charge in [0.15, 0.2) is 5.96 Å². The largest absolute Gasteiger partial charge is 0.386 e. The molecule has 1 aromatic rings. The summed E-state index contributed by atoms with van der Waals surface area (Å²) in [5, 5.41) is 10.0. The number of likely N-dealkylation sites (tertiary alicyclic amines) is 1. The van der Waals surface area contributed by atoms with Crippen LogP contribution in [0.4, 0.5) is 0 Å². The molecule has 0 amide bonds. The number of nitrogens with two attached hydrogens (primary N) is 1. The van der Waals surface area contributed by atoms with Crippen LogP contribution in [-0.4, -0.2) is 35.6 Å². The Bertz CT molecular complexity index is 449. The number of aliphatic hydroxyl groups is 1. The summed E-state index contributed by atoms with van der Waals surface area (Å²) >= 11 is 7.22. The molecule has 0 aliphatic carbocycles. The summed E-state index contributed by atoms with van der Waals surface area (Å²) in [5.41, 5.74) is 5.98. The fourth-order valence-electron chi connectivity index (χ4n) is 2.27. The minimum atomic E-state index is -0.627. The monoisotopic (exact) mass is 301 g/mol. The van der Waals surface area contributed by atoms with Crippen LogP contribution < -0.4 is 5.73 Å². The number of piperidine rings is 1. The van der Waals surface area contributed by atoms with Gasteiger partial charge in [-0.2, -0.15) is 0 Å².